The van der Waals surface area contributed by atoms with Crippen molar-refractivity contribution in [1.29, 1.82) is 0 Å². The molecule has 1 heterocycles. The number of rotatable bonds is 7. The van der Waals surface area contributed by atoms with Crippen LogP contribution in [0.4, 0.5) is 0 Å². The van der Waals surface area contributed by atoms with Gasteiger partial charge in [-0.25, -0.2) is 0 Å². The molecule has 1 aromatic rings. The maximum Gasteiger partial charge on any atom is 0.182 e. The van der Waals surface area contributed by atoms with E-state index < -0.39 is 0 Å². The first-order chi connectivity index (χ1) is 7.70. The van der Waals surface area contributed by atoms with Crippen LogP contribution >= 0.6 is 15.9 Å². The molecule has 0 bridgehead atoms. The highest BCUT2D eigenvalue weighted by atomic mass is 79.9. The van der Waals surface area contributed by atoms with Crippen molar-refractivity contribution in [2.45, 2.75) is 39.2 Å². The van der Waals surface area contributed by atoms with E-state index in [9.17, 15) is 4.79 Å². The number of hydrogen-bond donors (Lipinski definition) is 1. The Bertz CT molecular complexity index is 349. The number of halogens is 1. The van der Waals surface area contributed by atoms with Gasteiger partial charge in [-0.2, -0.15) is 5.10 Å². The zero-order valence-corrected chi connectivity index (χ0v) is 11.2. The van der Waals surface area contributed by atoms with Crippen molar-refractivity contribution >= 4 is 21.7 Å². The fourth-order valence-electron chi connectivity index (χ4n) is 1.60. The number of hydrogen-bond acceptors (Lipinski definition) is 3. The molecule has 0 aliphatic carbocycles. The number of nitrogens with two attached hydrogens (primary N) is 1. The first kappa shape index (κ1) is 13.4. The first-order valence-corrected chi connectivity index (χ1v) is 6.44. The monoisotopic (exact) mass is 287 g/mol. The maximum atomic E-state index is 11.9. The van der Waals surface area contributed by atoms with Gasteiger partial charge in [-0.15, -0.1) is 0 Å². The van der Waals surface area contributed by atoms with Crippen molar-refractivity contribution in [2.24, 2.45) is 5.73 Å². The fourth-order valence-corrected chi connectivity index (χ4v) is 2.12. The van der Waals surface area contributed by atoms with Gasteiger partial charge in [-0.1, -0.05) is 6.42 Å². The van der Waals surface area contributed by atoms with E-state index in [0.717, 1.165) is 30.3 Å². The van der Waals surface area contributed by atoms with E-state index in [0.29, 0.717) is 18.7 Å². The molecule has 0 aliphatic heterocycles. The van der Waals surface area contributed by atoms with Gasteiger partial charge in [0.05, 0.1) is 10.7 Å². The van der Waals surface area contributed by atoms with Crippen LogP contribution in [0.3, 0.4) is 0 Å². The second-order valence-corrected chi connectivity index (χ2v) is 4.53. The molecule has 0 saturated carbocycles. The van der Waals surface area contributed by atoms with Gasteiger partial charge in [0.1, 0.15) is 5.69 Å². The predicted molar refractivity (Wildman–Crippen MR) is 67.5 cm³/mol. The molecule has 0 spiro atoms. The Morgan fingerprint density at radius 2 is 2.25 bits per heavy atom. The van der Waals surface area contributed by atoms with Crippen LogP contribution in [0.25, 0.3) is 0 Å². The van der Waals surface area contributed by atoms with Crippen LogP contribution in [0.2, 0.25) is 0 Å². The van der Waals surface area contributed by atoms with Crippen molar-refractivity contribution < 1.29 is 4.79 Å². The number of ketones is 1. The zero-order valence-electron chi connectivity index (χ0n) is 9.58. The smallest absolute Gasteiger partial charge is 0.182 e. The summed E-state index contributed by atoms with van der Waals surface area (Å²) in [6, 6.07) is 0. The molecule has 1 rings (SSSR count). The minimum atomic E-state index is 0.156. The SMILES string of the molecule is CCn1ncc(Br)c1C(=O)CCCCCN. The standard InChI is InChI=1S/C11H18BrN3O/c1-2-15-11(9(12)8-14-15)10(16)6-4-3-5-7-13/h8H,2-7,13H2,1H3. The molecule has 0 unspecified atom stereocenters. The lowest BCUT2D eigenvalue weighted by atomic mass is 10.1. The molecule has 2 N–H and O–H groups in total. The first-order valence-electron chi connectivity index (χ1n) is 5.65. The van der Waals surface area contributed by atoms with Gasteiger partial charge < -0.3 is 5.73 Å². The lowest BCUT2D eigenvalue weighted by Gasteiger charge is -2.04. The van der Waals surface area contributed by atoms with Gasteiger partial charge in [0, 0.05) is 13.0 Å². The summed E-state index contributed by atoms with van der Waals surface area (Å²) in [6.07, 6.45) is 5.15. The van der Waals surface area contributed by atoms with E-state index in [1.54, 1.807) is 10.9 Å². The van der Waals surface area contributed by atoms with Crippen LogP contribution in [-0.4, -0.2) is 22.1 Å². The Balaban J connectivity index is 2.55. The molecule has 1 aromatic heterocycles. The Morgan fingerprint density at radius 1 is 1.50 bits per heavy atom. The molecule has 0 fully saturated rings. The van der Waals surface area contributed by atoms with E-state index >= 15 is 0 Å². The molecular formula is C11H18BrN3O. The van der Waals surface area contributed by atoms with Crippen molar-refractivity contribution in [3.63, 3.8) is 0 Å². The minimum absolute atomic E-state index is 0.156. The Labute approximate surface area is 104 Å². The number of unbranched alkanes of at least 4 members (excludes halogenated alkanes) is 2. The summed E-state index contributed by atoms with van der Waals surface area (Å²) in [5.41, 5.74) is 6.09. The van der Waals surface area contributed by atoms with Crippen LogP contribution in [0.5, 0.6) is 0 Å². The molecule has 0 aromatic carbocycles. The third-order valence-electron chi connectivity index (χ3n) is 2.47. The second kappa shape index (κ2) is 6.81. The Hall–Kier alpha value is -0.680. The van der Waals surface area contributed by atoms with Crippen molar-refractivity contribution in [3.8, 4) is 0 Å². The number of carbonyl (C=O) groups excluding carboxylic acids is 1. The van der Waals surface area contributed by atoms with Gasteiger partial charge in [-0.3, -0.25) is 9.48 Å². The highest BCUT2D eigenvalue weighted by Crippen LogP contribution is 2.18. The van der Waals surface area contributed by atoms with Crippen LogP contribution in [0.1, 0.15) is 43.1 Å². The quantitative estimate of drug-likeness (QED) is 0.619. The Kier molecular flexibility index (Phi) is 5.69. The lowest BCUT2D eigenvalue weighted by molar-refractivity contribution is 0.0968. The minimum Gasteiger partial charge on any atom is -0.330 e. The van der Waals surface area contributed by atoms with Crippen molar-refractivity contribution in [2.75, 3.05) is 6.54 Å². The molecule has 0 aliphatic rings. The molecule has 90 valence electrons. The molecule has 0 atom stereocenters. The summed E-state index contributed by atoms with van der Waals surface area (Å²) in [4.78, 5) is 11.9. The normalized spacial score (nSPS) is 10.7. The van der Waals surface area contributed by atoms with Gasteiger partial charge in [0.2, 0.25) is 0 Å². The van der Waals surface area contributed by atoms with E-state index in [2.05, 4.69) is 21.0 Å². The van der Waals surface area contributed by atoms with Gasteiger partial charge >= 0.3 is 0 Å². The fraction of sp³-hybridized carbons (Fsp3) is 0.636. The third kappa shape index (κ3) is 3.42. The van der Waals surface area contributed by atoms with Gasteiger partial charge in [-0.05, 0) is 42.2 Å². The van der Waals surface area contributed by atoms with Gasteiger partial charge in [0.15, 0.2) is 5.78 Å². The summed E-state index contributed by atoms with van der Waals surface area (Å²) in [7, 11) is 0. The highest BCUT2D eigenvalue weighted by Gasteiger charge is 2.15. The average molecular weight is 288 g/mol. The average Bonchev–Trinajstić information content (AvgIpc) is 2.65. The summed E-state index contributed by atoms with van der Waals surface area (Å²) >= 11 is 3.36. The number of aryl methyl sites for hydroxylation is 1. The third-order valence-corrected chi connectivity index (χ3v) is 3.05. The van der Waals surface area contributed by atoms with E-state index in [4.69, 9.17) is 5.73 Å². The predicted octanol–water partition coefficient (Wildman–Crippen LogP) is 2.37. The van der Waals surface area contributed by atoms with E-state index in [-0.39, 0.29) is 5.78 Å². The van der Waals surface area contributed by atoms with Crippen LogP contribution in [0.15, 0.2) is 10.7 Å². The zero-order chi connectivity index (χ0) is 12.0. The second-order valence-electron chi connectivity index (χ2n) is 3.68. The largest absolute Gasteiger partial charge is 0.330 e. The van der Waals surface area contributed by atoms with E-state index in [1.165, 1.54) is 0 Å². The molecule has 0 saturated heterocycles. The molecule has 5 heteroatoms. The Morgan fingerprint density at radius 3 is 2.88 bits per heavy atom. The maximum absolute atomic E-state index is 11.9. The summed E-state index contributed by atoms with van der Waals surface area (Å²) < 4.78 is 2.52. The van der Waals surface area contributed by atoms with Gasteiger partial charge in [0.25, 0.3) is 0 Å². The number of Topliss-reactive ketones (excluding diaryl/α,β-unsaturated/α-hetero) is 1. The van der Waals surface area contributed by atoms with Crippen molar-refractivity contribution in [1.82, 2.24) is 9.78 Å². The summed E-state index contributed by atoms with van der Waals surface area (Å²) in [5.74, 6) is 0.156. The van der Waals surface area contributed by atoms with Crippen LogP contribution in [-0.2, 0) is 6.54 Å². The number of carbonyl (C=O) groups is 1. The van der Waals surface area contributed by atoms with Crippen LogP contribution in [0, 0.1) is 0 Å². The highest BCUT2D eigenvalue weighted by molar-refractivity contribution is 9.10. The summed E-state index contributed by atoms with van der Waals surface area (Å²) in [5, 5.41) is 4.13. The molecule has 4 nitrogen and oxygen atoms in total. The van der Waals surface area contributed by atoms with Crippen LogP contribution < -0.4 is 5.73 Å². The molecular weight excluding hydrogens is 270 g/mol. The lowest BCUT2D eigenvalue weighted by Crippen LogP contribution is -2.10. The number of aromatic nitrogens is 2. The van der Waals surface area contributed by atoms with E-state index in [1.807, 2.05) is 6.92 Å². The molecule has 0 amide bonds. The molecule has 16 heavy (non-hydrogen) atoms. The number of nitrogens with zero attached hydrogens (tertiary/aromatic N) is 2. The summed E-state index contributed by atoms with van der Waals surface area (Å²) in [6.45, 7) is 3.39. The van der Waals surface area contributed by atoms with Crippen molar-refractivity contribution in [3.05, 3.63) is 16.4 Å². The molecule has 0 radical (unpaired) electrons. The topological polar surface area (TPSA) is 60.9 Å².